The predicted octanol–water partition coefficient (Wildman–Crippen LogP) is -10.7. The van der Waals surface area contributed by atoms with Gasteiger partial charge in [-0.2, -0.15) is 0 Å². The molecule has 0 amide bonds. The Balaban J connectivity index is -0.0000000450. The minimum atomic E-state index is -2.85. The van der Waals surface area contributed by atoms with Gasteiger partial charge in [-0.15, -0.1) is 0 Å². The van der Waals surface area contributed by atoms with Crippen LogP contribution in [0.2, 0.25) is 0 Å². The van der Waals surface area contributed by atoms with Gasteiger partial charge in [-0.1, -0.05) is 0 Å². The van der Waals surface area contributed by atoms with Crippen LogP contribution in [0.3, 0.4) is 0 Å². The van der Waals surface area contributed by atoms with Crippen LogP contribution in [0.4, 0.5) is 0 Å². The first kappa shape index (κ1) is 23.8. The van der Waals surface area contributed by atoms with Crippen molar-refractivity contribution in [3.8, 4) is 0 Å². The van der Waals surface area contributed by atoms with Gasteiger partial charge >= 0.3 is 22.4 Å². The first-order valence-electron chi connectivity index (χ1n) is 1.39. The van der Waals surface area contributed by atoms with E-state index < -0.39 is 32.4 Å². The van der Waals surface area contributed by atoms with Crippen molar-refractivity contribution in [3.63, 3.8) is 0 Å². The van der Waals surface area contributed by atoms with Gasteiger partial charge in [0.2, 0.25) is 0 Å². The first-order chi connectivity index (χ1) is 5.20. The fourth-order valence-corrected chi connectivity index (χ4v) is 0. The summed E-state index contributed by atoms with van der Waals surface area (Å²) in [5.74, 6) is 0. The summed E-state index contributed by atoms with van der Waals surface area (Å²) < 4.78 is 75.7. The molecular weight excluding hydrogens is 447 g/mol. The van der Waals surface area contributed by atoms with Crippen molar-refractivity contribution in [2.75, 3.05) is 0 Å². The van der Waals surface area contributed by atoms with E-state index in [9.17, 15) is 0 Å². The third kappa shape index (κ3) is 1070. The first-order valence-corrected chi connectivity index (χ1v) is 4.17. The smallest absolute Gasteiger partial charge is 0.357 e. The van der Waals surface area contributed by atoms with Crippen LogP contribution in [0.5, 0.6) is 0 Å². The molecule has 0 heterocycles. The molecule has 0 radical (unpaired) electrons. The summed E-state index contributed by atoms with van der Waals surface area (Å²) in [6.07, 6.45) is 0. The molecule has 0 rings (SSSR count). The summed E-state index contributed by atoms with van der Waals surface area (Å²) in [5.41, 5.74) is 0. The van der Waals surface area contributed by atoms with Crippen LogP contribution in [0.15, 0.2) is 0 Å². The van der Waals surface area contributed by atoms with Gasteiger partial charge in [0.1, 0.15) is 0 Å². The zero-order chi connectivity index (χ0) is 10.7. The van der Waals surface area contributed by atoms with Gasteiger partial charge in [-0.25, -0.2) is 0 Å². The Morgan fingerprint density at radius 2 is 0.385 bits per heavy atom. The van der Waals surface area contributed by atoms with Gasteiger partial charge in [-0.05, 0) is 0 Å². The van der Waals surface area contributed by atoms with Crippen molar-refractivity contribution in [2.24, 2.45) is 0 Å². The van der Waals surface area contributed by atoms with Crippen molar-refractivity contribution >= 4 is 0 Å². The number of hydrogen-bond donors (Lipinski definition) is 0. The summed E-state index contributed by atoms with van der Waals surface area (Å²) in [7, 11) is -8.56. The molecule has 0 fully saturated rings. The van der Waals surface area contributed by atoms with Crippen molar-refractivity contribution in [1.29, 1.82) is 0 Å². The molecule has 0 atom stereocenters. The summed E-state index contributed by atoms with van der Waals surface area (Å²) in [6.45, 7) is 0. The van der Waals surface area contributed by atoms with E-state index in [0.29, 0.717) is 0 Å². The number of rotatable bonds is 0. The molecule has 9 nitrogen and oxygen atoms in total. The van der Waals surface area contributed by atoms with Crippen molar-refractivity contribution in [2.45, 2.75) is 0 Å². The van der Waals surface area contributed by atoms with Crippen LogP contribution in [0.1, 0.15) is 0 Å². The van der Waals surface area contributed by atoms with Gasteiger partial charge in [0.25, 0.3) is 0 Å². The summed E-state index contributed by atoms with van der Waals surface area (Å²) in [6, 6.07) is 0. The maximum Gasteiger partial charge on any atom is 3.00 e. The van der Waals surface area contributed by atoms with E-state index >= 15 is 0 Å². The Hall–Kier alpha value is 1.25. The van der Waals surface area contributed by atoms with Gasteiger partial charge < -0.3 is 41.9 Å². The molecule has 0 N–H and O–H groups in total. The Bertz CT molecular complexity index is 43.4. The molecule has 86 valence electrons. The van der Waals surface area contributed by atoms with Crippen LogP contribution in [-0.2, 0) is 22.4 Å². The van der Waals surface area contributed by atoms with Crippen molar-refractivity contribution < 1.29 is 96.7 Å². The standard InChI is InChI=1S/Au.3ClO3/c;3*2-1(3)4/q+3;3*-1. The molecule has 13 heteroatoms. The molecule has 0 aliphatic rings. The average molecular weight is 447 g/mol. The fourth-order valence-electron chi connectivity index (χ4n) is 0. The second kappa shape index (κ2) is 18.9. The van der Waals surface area contributed by atoms with Gasteiger partial charge in [-0.3, -0.25) is 0 Å². The quantitative estimate of drug-likeness (QED) is 0.322. The number of hydrogen-bond acceptors (Lipinski definition) is 9. The monoisotopic (exact) mass is 446 g/mol. The van der Waals surface area contributed by atoms with E-state index in [1.54, 1.807) is 0 Å². The Labute approximate surface area is 96.6 Å². The van der Waals surface area contributed by atoms with Gasteiger partial charge in [0.15, 0.2) is 0 Å². The Morgan fingerprint density at radius 1 is 0.385 bits per heavy atom. The second-order valence-electron chi connectivity index (χ2n) is 0.567. The topological polar surface area (TPSA) is 208 Å². The van der Waals surface area contributed by atoms with Crippen molar-refractivity contribution in [3.05, 3.63) is 0 Å². The molecule has 0 aliphatic heterocycles. The molecule has 0 unspecified atom stereocenters. The third-order valence-corrected chi connectivity index (χ3v) is 0. The normalized spacial score (nSPS) is 8.31. The van der Waals surface area contributed by atoms with E-state index in [0.717, 1.165) is 0 Å². The van der Waals surface area contributed by atoms with Crippen LogP contribution < -0.4 is 41.9 Å². The molecule has 0 aromatic heterocycles. The molecule has 0 spiro atoms. The number of halogens is 3. The fraction of sp³-hybridized carbons (Fsp3) is 0. The molecule has 13 heavy (non-hydrogen) atoms. The summed E-state index contributed by atoms with van der Waals surface area (Å²) >= 11 is 0. The van der Waals surface area contributed by atoms with Gasteiger partial charge in [0, 0.05) is 0 Å². The third-order valence-electron chi connectivity index (χ3n) is 0. The van der Waals surface area contributed by atoms with Crippen LogP contribution in [0.25, 0.3) is 0 Å². The second-order valence-corrected chi connectivity index (χ2v) is 1.70. The van der Waals surface area contributed by atoms with Crippen molar-refractivity contribution in [1.82, 2.24) is 0 Å². The summed E-state index contributed by atoms with van der Waals surface area (Å²) in [4.78, 5) is 0. The van der Waals surface area contributed by atoms with Crippen LogP contribution >= 0.6 is 0 Å². The zero-order valence-electron chi connectivity index (χ0n) is 5.11. The molecule has 0 aliphatic carbocycles. The van der Waals surface area contributed by atoms with Crippen LogP contribution in [-0.4, -0.2) is 0 Å². The largest absolute Gasteiger partial charge is 3.00 e. The molecular formula is AuCl3O9. The SMILES string of the molecule is [Au+3].[O-][Cl+2]([O-])[O-].[O-][Cl+2]([O-])[O-].[O-][Cl+2]([O-])[O-]. The van der Waals surface area contributed by atoms with E-state index in [2.05, 4.69) is 0 Å². The molecule has 0 bridgehead atoms. The van der Waals surface area contributed by atoms with E-state index in [-0.39, 0.29) is 22.4 Å². The van der Waals surface area contributed by atoms with Gasteiger partial charge in [0.05, 0.1) is 32.4 Å². The van der Waals surface area contributed by atoms with Crippen LogP contribution in [0, 0.1) is 32.4 Å². The molecule has 0 aromatic carbocycles. The minimum Gasteiger partial charge on any atom is -0.357 e. The Kier molecular flexibility index (Phi) is 34.7. The molecule has 0 aromatic rings. The average Bonchev–Trinajstić information content (AvgIpc) is 1.54. The van der Waals surface area contributed by atoms with E-state index in [1.165, 1.54) is 0 Å². The zero-order valence-corrected chi connectivity index (χ0v) is 9.54. The molecule has 0 saturated carbocycles. The predicted molar refractivity (Wildman–Crippen MR) is 0 cm³/mol. The maximum atomic E-state index is 8.41. The Morgan fingerprint density at radius 3 is 0.385 bits per heavy atom. The molecule has 0 saturated heterocycles. The van der Waals surface area contributed by atoms with E-state index in [4.69, 9.17) is 41.9 Å². The summed E-state index contributed by atoms with van der Waals surface area (Å²) in [5, 5.41) is 0. The minimum absolute atomic E-state index is 0. The maximum absolute atomic E-state index is 8.41. The van der Waals surface area contributed by atoms with E-state index in [1.807, 2.05) is 0 Å².